The van der Waals surface area contributed by atoms with Crippen molar-refractivity contribution in [2.75, 3.05) is 18.5 Å². The number of aromatic amines is 1. The van der Waals surface area contributed by atoms with Crippen molar-refractivity contribution in [3.63, 3.8) is 0 Å². The zero-order valence-electron chi connectivity index (χ0n) is 15.0. The van der Waals surface area contributed by atoms with Crippen molar-refractivity contribution < 1.29 is 14.3 Å². The van der Waals surface area contributed by atoms with Crippen LogP contribution in [0.4, 0.5) is 5.69 Å². The first kappa shape index (κ1) is 17.7. The third-order valence-corrected chi connectivity index (χ3v) is 4.53. The number of H-pyrrole nitrogens is 1. The molecule has 3 rings (SSSR count). The summed E-state index contributed by atoms with van der Waals surface area (Å²) in [5, 5.41) is 4.48. The van der Waals surface area contributed by atoms with Gasteiger partial charge in [-0.15, -0.1) is 0 Å². The molecule has 2 atom stereocenters. The summed E-state index contributed by atoms with van der Waals surface area (Å²) in [5.41, 5.74) is 2.08. The third-order valence-electron chi connectivity index (χ3n) is 4.53. The third kappa shape index (κ3) is 4.12. The monoisotopic (exact) mass is 345 g/mol. The van der Waals surface area contributed by atoms with Gasteiger partial charge < -0.3 is 19.8 Å². The van der Waals surface area contributed by atoms with Crippen molar-refractivity contribution in [2.24, 2.45) is 0 Å². The van der Waals surface area contributed by atoms with E-state index in [9.17, 15) is 4.79 Å². The molecule has 0 amide bonds. The van der Waals surface area contributed by atoms with E-state index in [1.165, 1.54) is 0 Å². The zero-order valence-corrected chi connectivity index (χ0v) is 15.0. The number of aromatic nitrogens is 2. The van der Waals surface area contributed by atoms with Gasteiger partial charge in [-0.05, 0) is 38.2 Å². The summed E-state index contributed by atoms with van der Waals surface area (Å²) < 4.78 is 11.2. The van der Waals surface area contributed by atoms with Gasteiger partial charge in [0.2, 0.25) is 0 Å². The second kappa shape index (κ2) is 8.34. The second-order valence-electron chi connectivity index (χ2n) is 6.57. The molecule has 25 heavy (non-hydrogen) atoms. The second-order valence-corrected chi connectivity index (χ2v) is 6.57. The Labute approximate surface area is 148 Å². The maximum Gasteiger partial charge on any atom is 0.341 e. The quantitative estimate of drug-likeness (QED) is 0.710. The molecular formula is C19H27N3O3. The number of rotatable bonds is 8. The molecule has 6 heteroatoms. The average molecular weight is 345 g/mol. The van der Waals surface area contributed by atoms with Gasteiger partial charge in [0.15, 0.2) is 0 Å². The van der Waals surface area contributed by atoms with E-state index < -0.39 is 0 Å². The minimum Gasteiger partial charge on any atom is -0.462 e. The van der Waals surface area contributed by atoms with E-state index in [4.69, 9.17) is 9.47 Å². The summed E-state index contributed by atoms with van der Waals surface area (Å²) in [4.78, 5) is 19.9. The maximum absolute atomic E-state index is 12.4. The fourth-order valence-electron chi connectivity index (χ4n) is 3.30. The molecular weight excluding hydrogens is 318 g/mol. The van der Waals surface area contributed by atoms with Crippen LogP contribution in [-0.2, 0) is 9.47 Å². The standard InChI is InChI=1S/C19H27N3O3/c1-3-9-24-14-6-5-13(11-14)22-17-15-7-8-20-18(15)21-12-16(17)19(23)25-10-4-2/h7-8,12-14H,3-6,9-11H2,1-2H3,(H2,20,21,22). The molecule has 2 heterocycles. The Balaban J connectivity index is 1.79. The van der Waals surface area contributed by atoms with Crippen LogP contribution in [-0.4, -0.2) is 41.3 Å². The topological polar surface area (TPSA) is 76.2 Å². The number of anilines is 1. The van der Waals surface area contributed by atoms with Gasteiger partial charge in [0.25, 0.3) is 0 Å². The van der Waals surface area contributed by atoms with Gasteiger partial charge >= 0.3 is 5.97 Å². The van der Waals surface area contributed by atoms with E-state index in [2.05, 4.69) is 22.2 Å². The largest absolute Gasteiger partial charge is 0.462 e. The molecule has 0 saturated heterocycles. The van der Waals surface area contributed by atoms with Crippen molar-refractivity contribution in [3.8, 4) is 0 Å². The van der Waals surface area contributed by atoms with Crippen molar-refractivity contribution in [1.82, 2.24) is 9.97 Å². The molecule has 1 aliphatic rings. The molecule has 2 aromatic heterocycles. The minimum absolute atomic E-state index is 0.292. The van der Waals surface area contributed by atoms with Crippen molar-refractivity contribution in [3.05, 3.63) is 24.0 Å². The number of hydrogen-bond acceptors (Lipinski definition) is 5. The molecule has 2 N–H and O–H groups in total. The van der Waals surface area contributed by atoms with Crippen LogP contribution >= 0.6 is 0 Å². The number of pyridine rings is 1. The summed E-state index contributed by atoms with van der Waals surface area (Å²) >= 11 is 0. The Morgan fingerprint density at radius 3 is 2.96 bits per heavy atom. The van der Waals surface area contributed by atoms with Crippen LogP contribution in [0.25, 0.3) is 11.0 Å². The van der Waals surface area contributed by atoms with Crippen molar-refractivity contribution in [1.29, 1.82) is 0 Å². The van der Waals surface area contributed by atoms with E-state index in [0.29, 0.717) is 24.3 Å². The summed E-state index contributed by atoms with van der Waals surface area (Å²) in [6.45, 7) is 5.33. The lowest BCUT2D eigenvalue weighted by atomic mass is 10.1. The van der Waals surface area contributed by atoms with E-state index in [-0.39, 0.29) is 5.97 Å². The van der Waals surface area contributed by atoms with Crippen LogP contribution in [0.2, 0.25) is 0 Å². The van der Waals surface area contributed by atoms with E-state index in [0.717, 1.165) is 55.4 Å². The lowest BCUT2D eigenvalue weighted by molar-refractivity contribution is 0.0506. The lowest BCUT2D eigenvalue weighted by Crippen LogP contribution is -2.20. The van der Waals surface area contributed by atoms with Crippen LogP contribution in [0, 0.1) is 0 Å². The van der Waals surface area contributed by atoms with Gasteiger partial charge in [0.05, 0.1) is 18.4 Å². The highest BCUT2D eigenvalue weighted by atomic mass is 16.5. The Morgan fingerprint density at radius 2 is 2.16 bits per heavy atom. The van der Waals surface area contributed by atoms with Crippen molar-refractivity contribution in [2.45, 2.75) is 58.1 Å². The molecule has 0 spiro atoms. The first-order chi connectivity index (χ1) is 12.2. The highest BCUT2D eigenvalue weighted by Crippen LogP contribution is 2.31. The number of carbonyl (C=O) groups is 1. The van der Waals surface area contributed by atoms with E-state index in [1.807, 2.05) is 19.2 Å². The predicted molar refractivity (Wildman–Crippen MR) is 98.0 cm³/mol. The van der Waals surface area contributed by atoms with Crippen LogP contribution in [0.15, 0.2) is 18.5 Å². The smallest absolute Gasteiger partial charge is 0.341 e. The molecule has 0 aliphatic heterocycles. The Morgan fingerprint density at radius 1 is 1.32 bits per heavy atom. The molecule has 1 aliphatic carbocycles. The fourth-order valence-corrected chi connectivity index (χ4v) is 3.30. The number of nitrogens with one attached hydrogen (secondary N) is 2. The van der Waals surface area contributed by atoms with Crippen LogP contribution in [0.3, 0.4) is 0 Å². The molecule has 1 saturated carbocycles. The van der Waals surface area contributed by atoms with E-state index >= 15 is 0 Å². The Bertz CT molecular complexity index is 713. The maximum atomic E-state index is 12.4. The average Bonchev–Trinajstić information content (AvgIpc) is 3.27. The lowest BCUT2D eigenvalue weighted by Gasteiger charge is -2.18. The number of nitrogens with zero attached hydrogens (tertiary/aromatic N) is 1. The van der Waals surface area contributed by atoms with Gasteiger partial charge in [-0.1, -0.05) is 13.8 Å². The molecule has 136 valence electrons. The van der Waals surface area contributed by atoms with Crippen LogP contribution < -0.4 is 5.32 Å². The molecule has 0 bridgehead atoms. The predicted octanol–water partition coefficient (Wildman–Crippen LogP) is 3.89. The number of hydrogen-bond donors (Lipinski definition) is 2. The van der Waals surface area contributed by atoms with Gasteiger partial charge in [-0.2, -0.15) is 0 Å². The first-order valence-electron chi connectivity index (χ1n) is 9.24. The molecule has 1 fully saturated rings. The molecule has 0 aromatic carbocycles. The number of fused-ring (bicyclic) bond motifs is 1. The Kier molecular flexibility index (Phi) is 5.91. The van der Waals surface area contributed by atoms with Gasteiger partial charge in [0, 0.05) is 30.4 Å². The first-order valence-corrected chi connectivity index (χ1v) is 9.24. The van der Waals surface area contributed by atoms with Crippen molar-refractivity contribution >= 4 is 22.7 Å². The SMILES string of the molecule is CCCOC(=O)c1cnc2[nH]ccc2c1NC1CCC(OCCC)C1. The number of carbonyl (C=O) groups excluding carboxylic acids is 1. The fraction of sp³-hybridized carbons (Fsp3) is 0.579. The van der Waals surface area contributed by atoms with E-state index in [1.54, 1.807) is 6.20 Å². The van der Waals surface area contributed by atoms with Gasteiger partial charge in [-0.25, -0.2) is 9.78 Å². The zero-order chi connectivity index (χ0) is 17.6. The van der Waals surface area contributed by atoms with Crippen LogP contribution in [0.5, 0.6) is 0 Å². The number of ether oxygens (including phenoxy) is 2. The molecule has 0 radical (unpaired) electrons. The Hall–Kier alpha value is -2.08. The van der Waals surface area contributed by atoms with Crippen LogP contribution in [0.1, 0.15) is 56.3 Å². The normalized spacial score (nSPS) is 20.1. The van der Waals surface area contributed by atoms with Gasteiger partial charge in [0.1, 0.15) is 11.2 Å². The van der Waals surface area contributed by atoms with Gasteiger partial charge in [-0.3, -0.25) is 0 Å². The number of esters is 1. The minimum atomic E-state index is -0.322. The summed E-state index contributed by atoms with van der Waals surface area (Å²) in [7, 11) is 0. The molecule has 2 unspecified atom stereocenters. The molecule has 2 aromatic rings. The summed E-state index contributed by atoms with van der Waals surface area (Å²) in [5.74, 6) is -0.322. The summed E-state index contributed by atoms with van der Waals surface area (Å²) in [6, 6.07) is 2.24. The highest BCUT2D eigenvalue weighted by molar-refractivity contribution is 6.04. The molecule has 6 nitrogen and oxygen atoms in total. The summed E-state index contributed by atoms with van der Waals surface area (Å²) in [6.07, 6.45) is 8.61. The highest BCUT2D eigenvalue weighted by Gasteiger charge is 2.27.